The predicted molar refractivity (Wildman–Crippen MR) is 75.5 cm³/mol. The van der Waals surface area contributed by atoms with E-state index in [1.807, 2.05) is 0 Å². The van der Waals surface area contributed by atoms with Crippen LogP contribution in [0.3, 0.4) is 0 Å². The fourth-order valence-corrected chi connectivity index (χ4v) is 2.78. The minimum Gasteiger partial charge on any atom is -0.314 e. The molecule has 0 aromatic heterocycles. The number of nitrogens with zero attached hydrogens (tertiary/aromatic N) is 2. The molecular formula is C14H31N3. The van der Waals surface area contributed by atoms with Crippen LogP contribution in [0.5, 0.6) is 0 Å². The lowest BCUT2D eigenvalue weighted by molar-refractivity contribution is 0.0271. The van der Waals surface area contributed by atoms with Crippen LogP contribution in [0.25, 0.3) is 0 Å². The lowest BCUT2D eigenvalue weighted by atomic mass is 9.75. The van der Waals surface area contributed by atoms with Gasteiger partial charge in [-0.1, -0.05) is 6.92 Å². The number of hydrogen-bond acceptors (Lipinski definition) is 3. The maximum atomic E-state index is 3.48. The van der Waals surface area contributed by atoms with E-state index in [1.165, 1.54) is 38.8 Å². The van der Waals surface area contributed by atoms with Crippen molar-refractivity contribution in [2.45, 2.75) is 51.1 Å². The monoisotopic (exact) mass is 241 g/mol. The van der Waals surface area contributed by atoms with Gasteiger partial charge in [-0.05, 0) is 66.8 Å². The number of rotatable bonds is 8. The molecule has 3 nitrogen and oxygen atoms in total. The van der Waals surface area contributed by atoms with Crippen molar-refractivity contribution in [3.63, 3.8) is 0 Å². The predicted octanol–water partition coefficient (Wildman–Crippen LogP) is 1.79. The Bertz CT molecular complexity index is 212. The molecular weight excluding hydrogens is 210 g/mol. The SMILES string of the molecule is CCNC(C)CCN(C)CC1(N(C)C)CCC1. The molecule has 0 aromatic carbocycles. The van der Waals surface area contributed by atoms with Gasteiger partial charge >= 0.3 is 0 Å². The van der Waals surface area contributed by atoms with E-state index in [1.54, 1.807) is 0 Å². The molecule has 0 saturated heterocycles. The summed E-state index contributed by atoms with van der Waals surface area (Å²) in [5.41, 5.74) is 0.468. The molecule has 1 N–H and O–H groups in total. The Morgan fingerprint density at radius 3 is 2.29 bits per heavy atom. The first kappa shape index (κ1) is 14.9. The summed E-state index contributed by atoms with van der Waals surface area (Å²) in [6, 6.07) is 0.638. The largest absolute Gasteiger partial charge is 0.314 e. The Hall–Kier alpha value is -0.120. The summed E-state index contributed by atoms with van der Waals surface area (Å²) in [7, 11) is 6.73. The molecule has 102 valence electrons. The highest BCUT2D eigenvalue weighted by atomic mass is 15.2. The van der Waals surface area contributed by atoms with Crippen LogP contribution >= 0.6 is 0 Å². The Morgan fingerprint density at radius 1 is 1.24 bits per heavy atom. The van der Waals surface area contributed by atoms with E-state index in [-0.39, 0.29) is 0 Å². The van der Waals surface area contributed by atoms with E-state index >= 15 is 0 Å². The fraction of sp³-hybridized carbons (Fsp3) is 1.00. The lowest BCUT2D eigenvalue weighted by Gasteiger charge is -2.49. The van der Waals surface area contributed by atoms with Crippen molar-refractivity contribution < 1.29 is 0 Å². The van der Waals surface area contributed by atoms with Crippen molar-refractivity contribution in [1.29, 1.82) is 0 Å². The number of likely N-dealkylation sites (N-methyl/N-ethyl adjacent to an activating group) is 2. The van der Waals surface area contributed by atoms with Gasteiger partial charge in [-0.15, -0.1) is 0 Å². The minimum absolute atomic E-state index is 0.468. The minimum atomic E-state index is 0.468. The third-order valence-corrected chi connectivity index (χ3v) is 4.29. The molecule has 1 aliphatic carbocycles. The fourth-order valence-electron chi connectivity index (χ4n) is 2.78. The van der Waals surface area contributed by atoms with Gasteiger partial charge in [-0.2, -0.15) is 0 Å². The zero-order valence-corrected chi connectivity index (χ0v) is 12.4. The molecule has 1 rings (SSSR count). The molecule has 1 fully saturated rings. The molecule has 0 spiro atoms. The van der Waals surface area contributed by atoms with Gasteiger partial charge in [-0.25, -0.2) is 0 Å². The van der Waals surface area contributed by atoms with Gasteiger partial charge in [0.1, 0.15) is 0 Å². The molecule has 1 aliphatic rings. The molecule has 1 atom stereocenters. The van der Waals surface area contributed by atoms with Gasteiger partial charge in [-0.3, -0.25) is 0 Å². The van der Waals surface area contributed by atoms with Gasteiger partial charge in [0.25, 0.3) is 0 Å². The van der Waals surface area contributed by atoms with Gasteiger partial charge in [0.2, 0.25) is 0 Å². The topological polar surface area (TPSA) is 18.5 Å². The highest BCUT2D eigenvalue weighted by Crippen LogP contribution is 2.36. The highest BCUT2D eigenvalue weighted by Gasteiger charge is 2.39. The average Bonchev–Trinajstić information content (AvgIpc) is 2.20. The molecule has 3 heteroatoms. The first-order valence-electron chi connectivity index (χ1n) is 7.09. The molecule has 0 radical (unpaired) electrons. The molecule has 0 aliphatic heterocycles. The van der Waals surface area contributed by atoms with Crippen molar-refractivity contribution in [1.82, 2.24) is 15.1 Å². The molecule has 17 heavy (non-hydrogen) atoms. The van der Waals surface area contributed by atoms with Crippen LogP contribution in [0, 0.1) is 0 Å². The van der Waals surface area contributed by atoms with Crippen molar-refractivity contribution in [2.75, 3.05) is 40.8 Å². The standard InChI is InChI=1S/C14H31N3/c1-6-15-13(2)8-11-17(5)12-14(16(3)4)9-7-10-14/h13,15H,6-12H2,1-5H3. The third-order valence-electron chi connectivity index (χ3n) is 4.29. The zero-order chi connectivity index (χ0) is 12.9. The summed E-state index contributed by atoms with van der Waals surface area (Å²) in [6.07, 6.45) is 5.38. The van der Waals surface area contributed by atoms with Gasteiger partial charge in [0, 0.05) is 18.1 Å². The number of hydrogen-bond donors (Lipinski definition) is 1. The van der Waals surface area contributed by atoms with E-state index in [0.717, 1.165) is 6.54 Å². The van der Waals surface area contributed by atoms with E-state index in [2.05, 4.69) is 50.1 Å². The molecule has 0 heterocycles. The van der Waals surface area contributed by atoms with Gasteiger partial charge < -0.3 is 15.1 Å². The number of nitrogens with one attached hydrogen (secondary N) is 1. The van der Waals surface area contributed by atoms with Crippen molar-refractivity contribution in [2.24, 2.45) is 0 Å². The second kappa shape index (κ2) is 6.72. The maximum Gasteiger partial charge on any atom is 0.0330 e. The molecule has 0 amide bonds. The van der Waals surface area contributed by atoms with E-state index in [0.29, 0.717) is 11.6 Å². The van der Waals surface area contributed by atoms with Crippen LogP contribution in [0.4, 0.5) is 0 Å². The molecule has 0 aromatic rings. The van der Waals surface area contributed by atoms with Gasteiger partial charge in [0.05, 0.1) is 0 Å². The Kier molecular flexibility index (Phi) is 5.90. The summed E-state index contributed by atoms with van der Waals surface area (Å²) in [5, 5.41) is 3.48. The maximum absolute atomic E-state index is 3.48. The van der Waals surface area contributed by atoms with Crippen LogP contribution in [-0.4, -0.2) is 62.2 Å². The normalized spacial score (nSPS) is 20.6. The second-order valence-corrected chi connectivity index (χ2v) is 5.96. The Balaban J connectivity index is 2.26. The van der Waals surface area contributed by atoms with E-state index in [9.17, 15) is 0 Å². The summed E-state index contributed by atoms with van der Waals surface area (Å²) in [5.74, 6) is 0. The molecule has 1 unspecified atom stereocenters. The first-order chi connectivity index (χ1) is 8.00. The molecule has 0 bridgehead atoms. The Morgan fingerprint density at radius 2 is 1.88 bits per heavy atom. The van der Waals surface area contributed by atoms with Gasteiger partial charge in [0.15, 0.2) is 0 Å². The van der Waals surface area contributed by atoms with E-state index in [4.69, 9.17) is 0 Å². The van der Waals surface area contributed by atoms with Crippen LogP contribution in [0.2, 0.25) is 0 Å². The smallest absolute Gasteiger partial charge is 0.0330 e. The summed E-state index contributed by atoms with van der Waals surface area (Å²) < 4.78 is 0. The summed E-state index contributed by atoms with van der Waals surface area (Å²) in [6.45, 7) is 7.95. The van der Waals surface area contributed by atoms with Crippen LogP contribution < -0.4 is 5.32 Å². The summed E-state index contributed by atoms with van der Waals surface area (Å²) in [4.78, 5) is 4.94. The van der Waals surface area contributed by atoms with Crippen LogP contribution in [-0.2, 0) is 0 Å². The highest BCUT2D eigenvalue weighted by molar-refractivity contribution is 4.97. The van der Waals surface area contributed by atoms with Crippen molar-refractivity contribution in [3.05, 3.63) is 0 Å². The summed E-state index contributed by atoms with van der Waals surface area (Å²) >= 11 is 0. The van der Waals surface area contributed by atoms with Crippen molar-refractivity contribution >= 4 is 0 Å². The van der Waals surface area contributed by atoms with Crippen LogP contribution in [0.1, 0.15) is 39.5 Å². The molecule has 1 saturated carbocycles. The average molecular weight is 241 g/mol. The zero-order valence-electron chi connectivity index (χ0n) is 12.4. The third kappa shape index (κ3) is 4.23. The second-order valence-electron chi connectivity index (χ2n) is 5.96. The quantitative estimate of drug-likeness (QED) is 0.699. The lowest BCUT2D eigenvalue weighted by Crippen LogP contribution is -2.56. The van der Waals surface area contributed by atoms with E-state index < -0.39 is 0 Å². The Labute approximate surface area is 108 Å². The van der Waals surface area contributed by atoms with Crippen molar-refractivity contribution in [3.8, 4) is 0 Å². The van der Waals surface area contributed by atoms with Crippen LogP contribution in [0.15, 0.2) is 0 Å². The first-order valence-corrected chi connectivity index (χ1v) is 7.09.